The van der Waals surface area contributed by atoms with Crippen LogP contribution in [0.1, 0.15) is 31.9 Å². The van der Waals surface area contributed by atoms with Crippen LogP contribution in [-0.4, -0.2) is 19.1 Å². The molecule has 0 heterocycles. The topological polar surface area (TPSA) is 44.5 Å². The lowest BCUT2D eigenvalue weighted by atomic mass is 9.88. The molecule has 19 heavy (non-hydrogen) atoms. The zero-order valence-electron chi connectivity index (χ0n) is 11.1. The SMILES string of the molecule is CCC(C)(OC)C(N)c1ccccc1OC(F)(F)F. The summed E-state index contributed by atoms with van der Waals surface area (Å²) < 4.78 is 46.4. The van der Waals surface area contributed by atoms with Gasteiger partial charge in [-0.15, -0.1) is 13.2 Å². The first kappa shape index (κ1) is 15.8. The maximum absolute atomic E-state index is 12.4. The highest BCUT2D eigenvalue weighted by molar-refractivity contribution is 5.37. The Bertz CT molecular complexity index is 417. The highest BCUT2D eigenvalue weighted by Crippen LogP contribution is 2.36. The third-order valence-electron chi connectivity index (χ3n) is 3.31. The third kappa shape index (κ3) is 3.84. The van der Waals surface area contributed by atoms with Gasteiger partial charge in [-0.05, 0) is 19.4 Å². The number of nitrogens with two attached hydrogens (primary N) is 1. The van der Waals surface area contributed by atoms with E-state index in [9.17, 15) is 13.2 Å². The molecule has 0 amide bonds. The van der Waals surface area contributed by atoms with E-state index >= 15 is 0 Å². The molecule has 2 unspecified atom stereocenters. The Kier molecular flexibility index (Phi) is 4.81. The van der Waals surface area contributed by atoms with E-state index in [0.29, 0.717) is 6.42 Å². The molecule has 0 aliphatic carbocycles. The first-order valence-electron chi connectivity index (χ1n) is 5.89. The van der Waals surface area contributed by atoms with Crippen LogP contribution in [0.5, 0.6) is 5.75 Å². The Balaban J connectivity index is 3.13. The minimum absolute atomic E-state index is 0.269. The van der Waals surface area contributed by atoms with Crippen molar-refractivity contribution in [2.75, 3.05) is 7.11 Å². The molecule has 2 N–H and O–H groups in total. The molecule has 0 radical (unpaired) electrons. The summed E-state index contributed by atoms with van der Waals surface area (Å²) in [5.41, 5.74) is 5.55. The highest BCUT2D eigenvalue weighted by Gasteiger charge is 2.36. The van der Waals surface area contributed by atoms with E-state index in [2.05, 4.69) is 4.74 Å². The van der Waals surface area contributed by atoms with Crippen LogP contribution in [0.3, 0.4) is 0 Å². The van der Waals surface area contributed by atoms with Crippen LogP contribution >= 0.6 is 0 Å². The van der Waals surface area contributed by atoms with Crippen LogP contribution in [-0.2, 0) is 4.74 Å². The Hall–Kier alpha value is -1.27. The van der Waals surface area contributed by atoms with Crippen LogP contribution in [0, 0.1) is 0 Å². The standard InChI is InChI=1S/C13H18F3NO2/c1-4-12(2,18-3)11(17)9-7-5-6-8-10(9)19-13(14,15)16/h5-8,11H,4,17H2,1-3H3. The average Bonchev–Trinajstić information content (AvgIpc) is 2.36. The third-order valence-corrected chi connectivity index (χ3v) is 3.31. The van der Waals surface area contributed by atoms with Gasteiger partial charge < -0.3 is 15.2 Å². The maximum Gasteiger partial charge on any atom is 0.573 e. The lowest BCUT2D eigenvalue weighted by Crippen LogP contribution is -2.40. The van der Waals surface area contributed by atoms with Crippen molar-refractivity contribution in [3.63, 3.8) is 0 Å². The van der Waals surface area contributed by atoms with E-state index < -0.39 is 18.0 Å². The Morgan fingerprint density at radius 3 is 2.32 bits per heavy atom. The number of methoxy groups -OCH3 is 1. The number of ether oxygens (including phenoxy) is 2. The van der Waals surface area contributed by atoms with Gasteiger partial charge in [-0.1, -0.05) is 25.1 Å². The summed E-state index contributed by atoms with van der Waals surface area (Å²) in [4.78, 5) is 0. The van der Waals surface area contributed by atoms with Crippen molar-refractivity contribution in [3.05, 3.63) is 29.8 Å². The molecule has 1 rings (SSSR count). The number of hydrogen-bond donors (Lipinski definition) is 1. The predicted molar refractivity (Wildman–Crippen MR) is 65.8 cm³/mol. The number of rotatable bonds is 5. The van der Waals surface area contributed by atoms with Crippen molar-refractivity contribution >= 4 is 0 Å². The van der Waals surface area contributed by atoms with Gasteiger partial charge in [-0.25, -0.2) is 0 Å². The van der Waals surface area contributed by atoms with Crippen molar-refractivity contribution in [1.82, 2.24) is 0 Å². The first-order valence-corrected chi connectivity index (χ1v) is 5.89. The molecule has 2 atom stereocenters. The van der Waals surface area contributed by atoms with E-state index in [1.54, 1.807) is 13.0 Å². The summed E-state index contributed by atoms with van der Waals surface area (Å²) in [6, 6.07) is 5.12. The molecular weight excluding hydrogens is 259 g/mol. The molecule has 0 aliphatic heterocycles. The minimum Gasteiger partial charge on any atom is -0.405 e. The number of halogens is 3. The zero-order valence-corrected chi connectivity index (χ0v) is 11.1. The first-order chi connectivity index (χ1) is 8.73. The smallest absolute Gasteiger partial charge is 0.405 e. The minimum atomic E-state index is -4.74. The second-order valence-corrected chi connectivity index (χ2v) is 4.43. The van der Waals surface area contributed by atoms with Crippen LogP contribution in [0.4, 0.5) is 13.2 Å². The van der Waals surface area contributed by atoms with Gasteiger partial charge in [0.25, 0.3) is 0 Å². The lowest BCUT2D eigenvalue weighted by molar-refractivity contribution is -0.275. The molecule has 0 spiro atoms. The van der Waals surface area contributed by atoms with Crippen molar-refractivity contribution < 1.29 is 22.6 Å². The van der Waals surface area contributed by atoms with Gasteiger partial charge in [0.15, 0.2) is 0 Å². The summed E-state index contributed by atoms with van der Waals surface area (Å²) in [6.45, 7) is 3.61. The molecule has 0 bridgehead atoms. The summed E-state index contributed by atoms with van der Waals surface area (Å²) in [5.74, 6) is -0.292. The fourth-order valence-electron chi connectivity index (χ4n) is 1.78. The van der Waals surface area contributed by atoms with Crippen LogP contribution in [0.25, 0.3) is 0 Å². The summed E-state index contributed by atoms with van der Waals surface area (Å²) >= 11 is 0. The van der Waals surface area contributed by atoms with Crippen molar-refractivity contribution in [2.24, 2.45) is 5.73 Å². The van der Waals surface area contributed by atoms with E-state index in [1.165, 1.54) is 25.3 Å². The Labute approximate surface area is 110 Å². The molecule has 1 aromatic rings. The Morgan fingerprint density at radius 2 is 1.84 bits per heavy atom. The molecule has 108 valence electrons. The van der Waals surface area contributed by atoms with Gasteiger partial charge in [0.05, 0.1) is 11.6 Å². The predicted octanol–water partition coefficient (Wildman–Crippen LogP) is 3.40. The van der Waals surface area contributed by atoms with Crippen LogP contribution in [0.15, 0.2) is 24.3 Å². The van der Waals surface area contributed by atoms with Gasteiger partial charge >= 0.3 is 6.36 Å². The lowest BCUT2D eigenvalue weighted by Gasteiger charge is -2.34. The van der Waals surface area contributed by atoms with E-state index in [4.69, 9.17) is 10.5 Å². The van der Waals surface area contributed by atoms with Gasteiger partial charge in [-0.3, -0.25) is 0 Å². The van der Waals surface area contributed by atoms with E-state index in [-0.39, 0.29) is 11.3 Å². The molecule has 0 saturated carbocycles. The average molecular weight is 277 g/mol. The number of para-hydroxylation sites is 1. The molecule has 0 aromatic heterocycles. The molecular formula is C13H18F3NO2. The van der Waals surface area contributed by atoms with Crippen molar-refractivity contribution in [3.8, 4) is 5.75 Å². The number of alkyl halides is 3. The number of hydrogen-bond acceptors (Lipinski definition) is 3. The van der Waals surface area contributed by atoms with Gasteiger partial charge in [-0.2, -0.15) is 0 Å². The van der Waals surface area contributed by atoms with Gasteiger partial charge in [0.2, 0.25) is 0 Å². The van der Waals surface area contributed by atoms with Gasteiger partial charge in [0.1, 0.15) is 5.75 Å². The molecule has 0 fully saturated rings. The molecule has 3 nitrogen and oxygen atoms in total. The Morgan fingerprint density at radius 1 is 1.26 bits per heavy atom. The largest absolute Gasteiger partial charge is 0.573 e. The highest BCUT2D eigenvalue weighted by atomic mass is 19.4. The van der Waals surface area contributed by atoms with Crippen molar-refractivity contribution in [1.29, 1.82) is 0 Å². The molecule has 0 aliphatic rings. The molecule has 1 aromatic carbocycles. The molecule has 0 saturated heterocycles. The fourth-order valence-corrected chi connectivity index (χ4v) is 1.78. The molecule has 6 heteroatoms. The summed E-state index contributed by atoms with van der Waals surface area (Å²) in [7, 11) is 1.48. The summed E-state index contributed by atoms with van der Waals surface area (Å²) in [5, 5.41) is 0. The van der Waals surface area contributed by atoms with Crippen LogP contribution in [0.2, 0.25) is 0 Å². The zero-order chi connectivity index (χ0) is 14.7. The van der Waals surface area contributed by atoms with Crippen molar-refractivity contribution in [2.45, 2.75) is 38.3 Å². The maximum atomic E-state index is 12.4. The van der Waals surface area contributed by atoms with Gasteiger partial charge in [0, 0.05) is 12.7 Å². The number of benzene rings is 1. The fraction of sp³-hybridized carbons (Fsp3) is 0.538. The normalized spacial score (nSPS) is 16.8. The quantitative estimate of drug-likeness (QED) is 0.897. The van der Waals surface area contributed by atoms with Crippen LogP contribution < -0.4 is 10.5 Å². The second-order valence-electron chi connectivity index (χ2n) is 4.43. The summed E-state index contributed by atoms with van der Waals surface area (Å²) in [6.07, 6.45) is -4.18. The second kappa shape index (κ2) is 5.79. The van der Waals surface area contributed by atoms with E-state index in [1.807, 2.05) is 6.92 Å². The van der Waals surface area contributed by atoms with E-state index in [0.717, 1.165) is 0 Å². The monoisotopic (exact) mass is 277 g/mol.